The topological polar surface area (TPSA) is 105 Å². The molecular weight excluding hydrogens is 462 g/mol. The number of non-ortho nitro benzene ring substituents is 1. The van der Waals surface area contributed by atoms with Crippen LogP contribution >= 0.6 is 15.9 Å². The number of ether oxygens (including phenoxy) is 1. The Morgan fingerprint density at radius 3 is 2.45 bits per heavy atom. The minimum Gasteiger partial charge on any atom is -0.488 e. The van der Waals surface area contributed by atoms with Crippen molar-refractivity contribution in [1.29, 1.82) is 5.26 Å². The van der Waals surface area contributed by atoms with Crippen molar-refractivity contribution in [3.8, 4) is 11.8 Å². The number of nitriles is 1. The van der Waals surface area contributed by atoms with Crippen LogP contribution in [0.2, 0.25) is 0 Å². The van der Waals surface area contributed by atoms with Gasteiger partial charge in [0.15, 0.2) is 0 Å². The van der Waals surface area contributed by atoms with Gasteiger partial charge < -0.3 is 10.1 Å². The SMILES string of the molecule is N#C/C(=C/c1ccc(OCc2ccc([N+](=O)[O-])cc2)c(Br)c1)C(=O)Nc1ccccc1. The molecule has 0 aromatic heterocycles. The average Bonchev–Trinajstić information content (AvgIpc) is 2.77. The third kappa shape index (κ3) is 6.01. The summed E-state index contributed by atoms with van der Waals surface area (Å²) in [6, 6.07) is 22.1. The highest BCUT2D eigenvalue weighted by Gasteiger charge is 2.11. The van der Waals surface area contributed by atoms with E-state index >= 15 is 0 Å². The van der Waals surface area contributed by atoms with Crippen molar-refractivity contribution in [2.75, 3.05) is 5.32 Å². The molecule has 0 bridgehead atoms. The molecule has 0 saturated heterocycles. The summed E-state index contributed by atoms with van der Waals surface area (Å²) < 4.78 is 6.40. The van der Waals surface area contributed by atoms with Gasteiger partial charge in [0.1, 0.15) is 24.0 Å². The van der Waals surface area contributed by atoms with Gasteiger partial charge in [-0.15, -0.1) is 0 Å². The highest BCUT2D eigenvalue weighted by Crippen LogP contribution is 2.28. The molecule has 3 rings (SSSR count). The largest absolute Gasteiger partial charge is 0.488 e. The Morgan fingerprint density at radius 2 is 1.84 bits per heavy atom. The number of anilines is 1. The Morgan fingerprint density at radius 1 is 1.13 bits per heavy atom. The van der Waals surface area contributed by atoms with Crippen LogP contribution in [-0.4, -0.2) is 10.8 Å². The molecule has 0 radical (unpaired) electrons. The second-order valence-corrected chi connectivity index (χ2v) is 7.25. The minimum absolute atomic E-state index is 0.0191. The lowest BCUT2D eigenvalue weighted by molar-refractivity contribution is -0.384. The van der Waals surface area contributed by atoms with Crippen molar-refractivity contribution in [3.63, 3.8) is 0 Å². The molecule has 8 heteroatoms. The number of para-hydroxylation sites is 1. The van der Waals surface area contributed by atoms with Crippen LogP contribution in [0.5, 0.6) is 5.75 Å². The molecule has 1 amide bonds. The fourth-order valence-electron chi connectivity index (χ4n) is 2.63. The normalized spacial score (nSPS) is 10.8. The third-order valence-electron chi connectivity index (χ3n) is 4.21. The van der Waals surface area contributed by atoms with Gasteiger partial charge in [-0.05, 0) is 69.5 Å². The maximum atomic E-state index is 12.3. The first-order chi connectivity index (χ1) is 15.0. The third-order valence-corrected chi connectivity index (χ3v) is 4.82. The van der Waals surface area contributed by atoms with E-state index in [1.165, 1.54) is 18.2 Å². The number of nitrogens with zero attached hydrogens (tertiary/aromatic N) is 2. The first-order valence-corrected chi connectivity index (χ1v) is 9.89. The van der Waals surface area contributed by atoms with Crippen LogP contribution in [0.25, 0.3) is 6.08 Å². The Balaban J connectivity index is 1.68. The zero-order valence-corrected chi connectivity index (χ0v) is 17.7. The monoisotopic (exact) mass is 477 g/mol. The number of hydrogen-bond donors (Lipinski definition) is 1. The number of amides is 1. The molecule has 7 nitrogen and oxygen atoms in total. The standard InChI is InChI=1S/C23H16BrN3O4/c24-21-13-17(12-18(14-25)23(28)26-19-4-2-1-3-5-19)8-11-22(21)31-15-16-6-9-20(10-7-16)27(29)30/h1-13H,15H2,(H,26,28)/b18-12-. The Labute approximate surface area is 186 Å². The van der Waals surface area contributed by atoms with E-state index < -0.39 is 10.8 Å². The molecule has 0 heterocycles. The summed E-state index contributed by atoms with van der Waals surface area (Å²) in [4.78, 5) is 22.6. The molecule has 154 valence electrons. The predicted octanol–water partition coefficient (Wildman–Crippen LogP) is 5.48. The number of nitro benzene ring substituents is 1. The van der Waals surface area contributed by atoms with E-state index in [1.54, 1.807) is 54.6 Å². The van der Waals surface area contributed by atoms with Gasteiger partial charge in [0.2, 0.25) is 0 Å². The van der Waals surface area contributed by atoms with Crippen molar-refractivity contribution in [2.24, 2.45) is 0 Å². The Bertz CT molecular complexity index is 1170. The molecule has 3 aromatic carbocycles. The van der Waals surface area contributed by atoms with E-state index in [4.69, 9.17) is 4.74 Å². The predicted molar refractivity (Wildman–Crippen MR) is 120 cm³/mol. The van der Waals surface area contributed by atoms with Crippen molar-refractivity contribution in [2.45, 2.75) is 6.61 Å². The Hall–Kier alpha value is -3.96. The number of halogens is 1. The fraction of sp³-hybridized carbons (Fsp3) is 0.0435. The van der Waals surface area contributed by atoms with E-state index in [0.29, 0.717) is 21.5 Å². The van der Waals surface area contributed by atoms with Crippen LogP contribution in [0.1, 0.15) is 11.1 Å². The summed E-state index contributed by atoms with van der Waals surface area (Å²) >= 11 is 3.43. The van der Waals surface area contributed by atoms with Gasteiger partial charge in [0, 0.05) is 17.8 Å². The molecule has 0 saturated carbocycles. The van der Waals surface area contributed by atoms with Crippen LogP contribution in [-0.2, 0) is 11.4 Å². The summed E-state index contributed by atoms with van der Waals surface area (Å²) in [5.41, 5.74) is 2.02. The highest BCUT2D eigenvalue weighted by atomic mass is 79.9. The lowest BCUT2D eigenvalue weighted by atomic mass is 10.1. The minimum atomic E-state index is -0.497. The van der Waals surface area contributed by atoms with Gasteiger partial charge in [-0.3, -0.25) is 14.9 Å². The number of rotatable bonds is 7. The van der Waals surface area contributed by atoms with Crippen LogP contribution < -0.4 is 10.1 Å². The average molecular weight is 478 g/mol. The molecule has 0 fully saturated rings. The van der Waals surface area contributed by atoms with Gasteiger partial charge in [-0.2, -0.15) is 5.26 Å². The summed E-state index contributed by atoms with van der Waals surface area (Å²) in [5, 5.41) is 22.8. The summed E-state index contributed by atoms with van der Waals surface area (Å²) in [5.74, 6) is 0.0612. The number of nitro groups is 1. The highest BCUT2D eigenvalue weighted by molar-refractivity contribution is 9.10. The van der Waals surface area contributed by atoms with Crippen molar-refractivity contribution >= 4 is 39.3 Å². The molecule has 3 aromatic rings. The molecule has 0 atom stereocenters. The molecule has 0 aliphatic carbocycles. The molecule has 0 aliphatic heterocycles. The van der Waals surface area contributed by atoms with Crippen LogP contribution in [0.3, 0.4) is 0 Å². The second kappa shape index (κ2) is 10.2. The Kier molecular flexibility index (Phi) is 7.14. The summed E-state index contributed by atoms with van der Waals surface area (Å²) in [6.45, 7) is 0.231. The van der Waals surface area contributed by atoms with Crippen LogP contribution in [0.15, 0.2) is 82.8 Å². The number of nitrogens with one attached hydrogen (secondary N) is 1. The maximum absolute atomic E-state index is 12.3. The lowest BCUT2D eigenvalue weighted by Gasteiger charge is -2.09. The molecule has 0 spiro atoms. The summed E-state index contributed by atoms with van der Waals surface area (Å²) in [6.07, 6.45) is 1.49. The quantitative estimate of drug-likeness (QED) is 0.210. The maximum Gasteiger partial charge on any atom is 0.269 e. The van der Waals surface area contributed by atoms with Crippen LogP contribution in [0, 0.1) is 21.4 Å². The fourth-order valence-corrected chi connectivity index (χ4v) is 3.15. The lowest BCUT2D eigenvalue weighted by Crippen LogP contribution is -2.13. The number of hydrogen-bond acceptors (Lipinski definition) is 5. The van der Waals surface area contributed by atoms with Gasteiger partial charge in [-0.25, -0.2) is 0 Å². The van der Waals surface area contributed by atoms with Gasteiger partial charge >= 0.3 is 0 Å². The van der Waals surface area contributed by atoms with Crippen molar-refractivity contribution in [1.82, 2.24) is 0 Å². The van der Waals surface area contributed by atoms with E-state index in [-0.39, 0.29) is 17.9 Å². The molecule has 0 unspecified atom stereocenters. The van der Waals surface area contributed by atoms with Crippen molar-refractivity contribution < 1.29 is 14.5 Å². The second-order valence-electron chi connectivity index (χ2n) is 6.39. The van der Waals surface area contributed by atoms with E-state index in [1.807, 2.05) is 12.1 Å². The van der Waals surface area contributed by atoms with Crippen LogP contribution in [0.4, 0.5) is 11.4 Å². The first kappa shape index (κ1) is 21.7. The van der Waals surface area contributed by atoms with Crippen molar-refractivity contribution in [3.05, 3.63) is 104 Å². The zero-order valence-electron chi connectivity index (χ0n) is 16.1. The van der Waals surface area contributed by atoms with Gasteiger partial charge in [0.25, 0.3) is 11.6 Å². The van der Waals surface area contributed by atoms with E-state index in [0.717, 1.165) is 5.56 Å². The number of benzene rings is 3. The van der Waals surface area contributed by atoms with Gasteiger partial charge in [-0.1, -0.05) is 24.3 Å². The van der Waals surface area contributed by atoms with E-state index in [2.05, 4.69) is 21.2 Å². The van der Waals surface area contributed by atoms with E-state index in [9.17, 15) is 20.2 Å². The molecule has 1 N–H and O–H groups in total. The number of carbonyl (C=O) groups is 1. The zero-order chi connectivity index (χ0) is 22.2. The van der Waals surface area contributed by atoms with Gasteiger partial charge in [0.05, 0.1) is 9.40 Å². The first-order valence-electron chi connectivity index (χ1n) is 9.10. The number of carbonyl (C=O) groups excluding carboxylic acids is 1. The molecule has 31 heavy (non-hydrogen) atoms. The summed E-state index contributed by atoms with van der Waals surface area (Å²) in [7, 11) is 0. The molecule has 0 aliphatic rings. The smallest absolute Gasteiger partial charge is 0.269 e. The molecular formula is C23H16BrN3O4.